The van der Waals surface area contributed by atoms with Gasteiger partial charge < -0.3 is 19.8 Å². The molecule has 2 aliphatic rings. The van der Waals surface area contributed by atoms with Crippen molar-refractivity contribution in [2.75, 3.05) is 59.5 Å². The molecule has 2 aliphatic heterocycles. The van der Waals surface area contributed by atoms with Crippen LogP contribution < -0.4 is 0 Å². The number of amides is 1. The molecule has 0 aliphatic carbocycles. The summed E-state index contributed by atoms with van der Waals surface area (Å²) in [6.07, 6.45) is 2.65. The fourth-order valence-corrected chi connectivity index (χ4v) is 3.10. The maximum atomic E-state index is 11.5. The van der Waals surface area contributed by atoms with Gasteiger partial charge in [-0.2, -0.15) is 0 Å². The molecule has 0 spiro atoms. The van der Waals surface area contributed by atoms with E-state index in [0.717, 1.165) is 65.1 Å². The van der Waals surface area contributed by atoms with Crippen molar-refractivity contribution in [1.29, 1.82) is 0 Å². The minimum Gasteiger partial charge on any atom is -0.396 e. The van der Waals surface area contributed by atoms with Crippen molar-refractivity contribution in [2.45, 2.75) is 19.3 Å². The summed E-state index contributed by atoms with van der Waals surface area (Å²) in [7, 11) is 1.92. The van der Waals surface area contributed by atoms with E-state index in [1.807, 2.05) is 11.9 Å². The van der Waals surface area contributed by atoms with Crippen LogP contribution in [0, 0.1) is 5.92 Å². The summed E-state index contributed by atoms with van der Waals surface area (Å²) in [5, 5.41) is 8.84. The highest BCUT2D eigenvalue weighted by Crippen LogP contribution is 2.18. The molecule has 0 aromatic heterocycles. The first kappa shape index (κ1) is 14.8. The summed E-state index contributed by atoms with van der Waals surface area (Å²) in [6, 6.07) is 0. The molecule has 2 fully saturated rings. The van der Waals surface area contributed by atoms with E-state index in [1.165, 1.54) is 0 Å². The van der Waals surface area contributed by atoms with Gasteiger partial charge in [-0.25, -0.2) is 0 Å². The zero-order valence-corrected chi connectivity index (χ0v) is 12.1. The Labute approximate surface area is 116 Å². The minimum atomic E-state index is 0.294. The number of piperidine rings is 1. The van der Waals surface area contributed by atoms with Crippen LogP contribution in [0.1, 0.15) is 19.3 Å². The van der Waals surface area contributed by atoms with Gasteiger partial charge in [-0.05, 0) is 18.8 Å². The molecule has 0 bridgehead atoms. The third kappa shape index (κ3) is 4.44. The first-order chi connectivity index (χ1) is 9.19. The number of likely N-dealkylation sites (tertiary alicyclic amines) is 1. The minimum absolute atomic E-state index is 0.294. The van der Waals surface area contributed by atoms with E-state index in [1.54, 1.807) is 0 Å². The van der Waals surface area contributed by atoms with Crippen molar-refractivity contribution >= 4 is 5.91 Å². The fourth-order valence-electron chi connectivity index (χ4n) is 3.10. The SMILES string of the molecule is CN1CC(CN2CCN(CCCO)CC2)CCC1=O. The maximum Gasteiger partial charge on any atom is 0.222 e. The first-order valence-corrected chi connectivity index (χ1v) is 7.48. The molecule has 2 saturated heterocycles. The summed E-state index contributed by atoms with van der Waals surface area (Å²) in [6.45, 7) is 7.84. The van der Waals surface area contributed by atoms with Gasteiger partial charge in [-0.3, -0.25) is 4.79 Å². The van der Waals surface area contributed by atoms with Crippen molar-refractivity contribution in [3.63, 3.8) is 0 Å². The highest BCUT2D eigenvalue weighted by Gasteiger charge is 2.25. The lowest BCUT2D eigenvalue weighted by Gasteiger charge is -2.38. The quantitative estimate of drug-likeness (QED) is 0.754. The van der Waals surface area contributed by atoms with Crippen LogP contribution in [0.3, 0.4) is 0 Å². The van der Waals surface area contributed by atoms with E-state index in [2.05, 4.69) is 9.80 Å². The summed E-state index contributed by atoms with van der Waals surface area (Å²) < 4.78 is 0. The van der Waals surface area contributed by atoms with E-state index >= 15 is 0 Å². The van der Waals surface area contributed by atoms with E-state index in [-0.39, 0.29) is 0 Å². The van der Waals surface area contributed by atoms with Crippen LogP contribution in [-0.2, 0) is 4.79 Å². The molecule has 110 valence electrons. The zero-order chi connectivity index (χ0) is 13.7. The Morgan fingerprint density at radius 1 is 1.21 bits per heavy atom. The molecular formula is C14H27N3O2. The van der Waals surface area contributed by atoms with Gasteiger partial charge in [0.25, 0.3) is 0 Å². The van der Waals surface area contributed by atoms with Crippen LogP contribution >= 0.6 is 0 Å². The second-order valence-electron chi connectivity index (χ2n) is 5.90. The van der Waals surface area contributed by atoms with Gasteiger partial charge >= 0.3 is 0 Å². The van der Waals surface area contributed by atoms with Gasteiger partial charge in [0.1, 0.15) is 0 Å². The third-order valence-corrected chi connectivity index (χ3v) is 4.34. The molecule has 1 unspecified atom stereocenters. The highest BCUT2D eigenvalue weighted by atomic mass is 16.3. The van der Waals surface area contributed by atoms with E-state index in [0.29, 0.717) is 18.4 Å². The Kier molecular flexibility index (Phi) is 5.60. The first-order valence-electron chi connectivity index (χ1n) is 7.48. The number of piperazine rings is 1. The summed E-state index contributed by atoms with van der Waals surface area (Å²) >= 11 is 0. The Hall–Kier alpha value is -0.650. The van der Waals surface area contributed by atoms with Gasteiger partial charge in [0.05, 0.1) is 0 Å². The van der Waals surface area contributed by atoms with Crippen LogP contribution in [0.25, 0.3) is 0 Å². The molecular weight excluding hydrogens is 242 g/mol. The van der Waals surface area contributed by atoms with E-state index in [4.69, 9.17) is 5.11 Å². The molecule has 1 atom stereocenters. The molecule has 5 nitrogen and oxygen atoms in total. The monoisotopic (exact) mass is 269 g/mol. The van der Waals surface area contributed by atoms with E-state index in [9.17, 15) is 4.79 Å². The smallest absolute Gasteiger partial charge is 0.222 e. The average molecular weight is 269 g/mol. The van der Waals surface area contributed by atoms with E-state index < -0.39 is 0 Å². The summed E-state index contributed by atoms with van der Waals surface area (Å²) in [5.74, 6) is 0.941. The van der Waals surface area contributed by atoms with Crippen molar-refractivity contribution in [2.24, 2.45) is 5.92 Å². The Morgan fingerprint density at radius 2 is 1.89 bits per heavy atom. The molecule has 1 N–H and O–H groups in total. The highest BCUT2D eigenvalue weighted by molar-refractivity contribution is 5.76. The Morgan fingerprint density at radius 3 is 2.53 bits per heavy atom. The molecule has 0 radical (unpaired) electrons. The number of carbonyl (C=O) groups is 1. The summed E-state index contributed by atoms with van der Waals surface area (Å²) in [5.41, 5.74) is 0. The predicted octanol–water partition coefficient (Wildman–Crippen LogP) is -0.145. The molecule has 0 saturated carbocycles. The Balaban J connectivity index is 1.66. The molecule has 2 heterocycles. The lowest BCUT2D eigenvalue weighted by atomic mass is 9.97. The van der Waals surface area contributed by atoms with Crippen LogP contribution in [0.5, 0.6) is 0 Å². The standard InChI is InChI=1S/C14H27N3O2/c1-15-11-13(3-4-14(15)19)12-17-8-6-16(7-9-17)5-2-10-18/h13,18H,2-12H2,1H3. The van der Waals surface area contributed by atoms with Crippen LogP contribution in [0.4, 0.5) is 0 Å². The van der Waals surface area contributed by atoms with Gasteiger partial charge in [0, 0.05) is 65.9 Å². The van der Waals surface area contributed by atoms with Crippen molar-refractivity contribution in [3.8, 4) is 0 Å². The lowest BCUT2D eigenvalue weighted by molar-refractivity contribution is -0.133. The van der Waals surface area contributed by atoms with Gasteiger partial charge in [0.2, 0.25) is 5.91 Å². The van der Waals surface area contributed by atoms with Crippen LogP contribution in [0.2, 0.25) is 0 Å². The molecule has 0 aromatic carbocycles. The second kappa shape index (κ2) is 7.22. The normalized spacial score (nSPS) is 26.9. The van der Waals surface area contributed by atoms with Crippen molar-refractivity contribution in [1.82, 2.24) is 14.7 Å². The average Bonchev–Trinajstić information content (AvgIpc) is 2.42. The van der Waals surface area contributed by atoms with Gasteiger partial charge in [-0.15, -0.1) is 0 Å². The molecule has 0 aromatic rings. The predicted molar refractivity (Wildman–Crippen MR) is 74.9 cm³/mol. The largest absolute Gasteiger partial charge is 0.396 e. The van der Waals surface area contributed by atoms with Crippen molar-refractivity contribution in [3.05, 3.63) is 0 Å². The topological polar surface area (TPSA) is 47.0 Å². The number of aliphatic hydroxyl groups is 1. The van der Waals surface area contributed by atoms with Crippen LogP contribution in [-0.4, -0.2) is 85.2 Å². The number of nitrogens with zero attached hydrogens (tertiary/aromatic N) is 3. The molecule has 1 amide bonds. The molecule has 2 rings (SSSR count). The number of rotatable bonds is 5. The number of hydrogen-bond donors (Lipinski definition) is 1. The molecule has 19 heavy (non-hydrogen) atoms. The lowest BCUT2D eigenvalue weighted by Crippen LogP contribution is -2.50. The third-order valence-electron chi connectivity index (χ3n) is 4.34. The Bertz CT molecular complexity index is 290. The number of hydrogen-bond acceptors (Lipinski definition) is 4. The van der Waals surface area contributed by atoms with Gasteiger partial charge in [-0.1, -0.05) is 0 Å². The zero-order valence-electron chi connectivity index (χ0n) is 12.1. The maximum absolute atomic E-state index is 11.5. The van der Waals surface area contributed by atoms with Crippen molar-refractivity contribution < 1.29 is 9.90 Å². The fraction of sp³-hybridized carbons (Fsp3) is 0.929. The van der Waals surface area contributed by atoms with Crippen LogP contribution in [0.15, 0.2) is 0 Å². The van der Waals surface area contributed by atoms with Gasteiger partial charge in [0.15, 0.2) is 0 Å². The summed E-state index contributed by atoms with van der Waals surface area (Å²) in [4.78, 5) is 18.3. The number of aliphatic hydroxyl groups excluding tert-OH is 1. The second-order valence-corrected chi connectivity index (χ2v) is 5.90. The molecule has 5 heteroatoms. The number of carbonyl (C=O) groups excluding carboxylic acids is 1.